The number of rotatable bonds is 7. The number of nitrogens with one attached hydrogen (secondary N) is 1. The molecule has 3 N–H and O–H groups in total. The van der Waals surface area contributed by atoms with Crippen molar-refractivity contribution in [3.63, 3.8) is 0 Å². The van der Waals surface area contributed by atoms with Crippen LogP contribution in [0.25, 0.3) is 0 Å². The lowest BCUT2D eigenvalue weighted by Crippen LogP contribution is -2.32. The lowest BCUT2D eigenvalue weighted by molar-refractivity contribution is 0.410. The minimum Gasteiger partial charge on any atom is -0.399 e. The van der Waals surface area contributed by atoms with Gasteiger partial charge in [-0.1, -0.05) is 13.0 Å². The van der Waals surface area contributed by atoms with Gasteiger partial charge in [0, 0.05) is 24.8 Å². The number of nitrogens with two attached hydrogens (primary N) is 1. The first-order valence-electron chi connectivity index (χ1n) is 7.48. The van der Waals surface area contributed by atoms with Gasteiger partial charge in [-0.3, -0.25) is 0 Å². The van der Waals surface area contributed by atoms with Crippen molar-refractivity contribution in [1.82, 2.24) is 9.62 Å². The van der Waals surface area contributed by atoms with Crippen molar-refractivity contribution in [2.75, 3.05) is 31.6 Å². The summed E-state index contributed by atoms with van der Waals surface area (Å²) in [4.78, 5) is 0. The van der Waals surface area contributed by atoms with E-state index in [-0.39, 0.29) is 0 Å². The van der Waals surface area contributed by atoms with Gasteiger partial charge in [0.25, 0.3) is 0 Å². The van der Waals surface area contributed by atoms with Crippen molar-refractivity contribution in [3.8, 4) is 0 Å². The highest BCUT2D eigenvalue weighted by atomic mass is 32.2. The summed E-state index contributed by atoms with van der Waals surface area (Å²) in [7, 11) is -3.08. The van der Waals surface area contributed by atoms with Crippen LogP contribution in [0.1, 0.15) is 36.9 Å². The van der Waals surface area contributed by atoms with E-state index < -0.39 is 10.0 Å². The molecule has 1 aliphatic carbocycles. The number of fused-ring (bicyclic) bond motifs is 1. The summed E-state index contributed by atoms with van der Waals surface area (Å²) in [6, 6.07) is 6.47. The molecule has 1 unspecified atom stereocenters. The van der Waals surface area contributed by atoms with Crippen LogP contribution in [0.4, 0.5) is 5.69 Å². The first-order chi connectivity index (χ1) is 9.91. The minimum atomic E-state index is -3.08. The van der Waals surface area contributed by atoms with Crippen LogP contribution in [-0.4, -0.2) is 38.6 Å². The summed E-state index contributed by atoms with van der Waals surface area (Å²) in [6.45, 7) is 3.79. The number of aryl methyl sites for hydroxylation is 1. The molecule has 0 spiro atoms. The predicted octanol–water partition coefficient (Wildman–Crippen LogP) is 1.52. The standard InChI is InChI=1S/C15H25N3O2S/c1-3-18(21(2,19)20)10-4-9-17-15-8-5-12-11-13(16)6-7-14(12)15/h6-7,11,15,17H,3-5,8-10,16H2,1-2H3. The molecule has 0 radical (unpaired) electrons. The normalized spacial score (nSPS) is 18.1. The van der Waals surface area contributed by atoms with E-state index in [2.05, 4.69) is 17.4 Å². The average molecular weight is 311 g/mol. The van der Waals surface area contributed by atoms with Gasteiger partial charge in [-0.25, -0.2) is 12.7 Å². The van der Waals surface area contributed by atoms with Crippen LogP contribution in [-0.2, 0) is 16.4 Å². The van der Waals surface area contributed by atoms with Gasteiger partial charge in [0.15, 0.2) is 0 Å². The second-order valence-corrected chi connectivity index (χ2v) is 7.59. The summed E-state index contributed by atoms with van der Waals surface area (Å²) < 4.78 is 24.5. The molecule has 0 amide bonds. The Balaban J connectivity index is 1.81. The van der Waals surface area contributed by atoms with Crippen LogP contribution in [0, 0.1) is 0 Å². The van der Waals surface area contributed by atoms with Crippen molar-refractivity contribution in [2.45, 2.75) is 32.2 Å². The number of hydrogen-bond donors (Lipinski definition) is 2. The lowest BCUT2D eigenvalue weighted by Gasteiger charge is -2.19. The first kappa shape index (κ1) is 16.3. The van der Waals surface area contributed by atoms with E-state index >= 15 is 0 Å². The topological polar surface area (TPSA) is 75.4 Å². The average Bonchev–Trinajstić information content (AvgIpc) is 2.79. The van der Waals surface area contributed by atoms with E-state index in [1.165, 1.54) is 21.7 Å². The third-order valence-electron chi connectivity index (χ3n) is 4.04. The molecule has 1 aliphatic rings. The number of nitrogens with zero attached hydrogens (tertiary/aromatic N) is 1. The van der Waals surface area contributed by atoms with Crippen molar-refractivity contribution in [3.05, 3.63) is 29.3 Å². The third-order valence-corrected chi connectivity index (χ3v) is 5.42. The zero-order chi connectivity index (χ0) is 15.5. The quantitative estimate of drug-likeness (QED) is 0.591. The molecule has 5 nitrogen and oxygen atoms in total. The molecule has 0 saturated carbocycles. The second-order valence-electron chi connectivity index (χ2n) is 5.61. The predicted molar refractivity (Wildman–Crippen MR) is 86.6 cm³/mol. The number of anilines is 1. The summed E-state index contributed by atoms with van der Waals surface area (Å²) >= 11 is 0. The van der Waals surface area contributed by atoms with Gasteiger partial charge in [0.05, 0.1) is 6.26 Å². The highest BCUT2D eigenvalue weighted by molar-refractivity contribution is 7.88. The molecule has 0 bridgehead atoms. The molecule has 2 rings (SSSR count). The van der Waals surface area contributed by atoms with E-state index in [1.54, 1.807) is 0 Å². The van der Waals surface area contributed by atoms with Gasteiger partial charge < -0.3 is 11.1 Å². The fourth-order valence-electron chi connectivity index (χ4n) is 2.94. The Hall–Kier alpha value is -1.11. The highest BCUT2D eigenvalue weighted by Crippen LogP contribution is 2.32. The summed E-state index contributed by atoms with van der Waals surface area (Å²) in [5.74, 6) is 0. The molecule has 21 heavy (non-hydrogen) atoms. The van der Waals surface area contributed by atoms with Gasteiger partial charge in [0.1, 0.15) is 0 Å². The molecular formula is C15H25N3O2S. The molecule has 118 valence electrons. The van der Waals surface area contributed by atoms with Crippen LogP contribution in [0.5, 0.6) is 0 Å². The van der Waals surface area contributed by atoms with E-state index in [0.29, 0.717) is 19.1 Å². The highest BCUT2D eigenvalue weighted by Gasteiger charge is 2.22. The second kappa shape index (κ2) is 6.77. The van der Waals surface area contributed by atoms with Crippen LogP contribution in [0.3, 0.4) is 0 Å². The zero-order valence-electron chi connectivity index (χ0n) is 12.8. The molecule has 1 aromatic rings. The van der Waals surface area contributed by atoms with Gasteiger partial charge in [-0.05, 0) is 49.1 Å². The maximum atomic E-state index is 11.5. The molecule has 0 aromatic heterocycles. The largest absolute Gasteiger partial charge is 0.399 e. The Bertz CT molecular complexity index is 587. The van der Waals surface area contributed by atoms with Crippen molar-refractivity contribution in [2.24, 2.45) is 0 Å². The molecule has 1 aromatic carbocycles. The summed E-state index contributed by atoms with van der Waals surface area (Å²) in [5.41, 5.74) is 9.29. The summed E-state index contributed by atoms with van der Waals surface area (Å²) in [5, 5.41) is 3.53. The first-order valence-corrected chi connectivity index (χ1v) is 9.33. The van der Waals surface area contributed by atoms with Crippen LogP contribution < -0.4 is 11.1 Å². The summed E-state index contributed by atoms with van der Waals surface area (Å²) in [6.07, 6.45) is 4.23. The molecule has 0 saturated heterocycles. The van der Waals surface area contributed by atoms with Crippen LogP contribution in [0.2, 0.25) is 0 Å². The number of nitrogen functional groups attached to an aromatic ring is 1. The Morgan fingerprint density at radius 2 is 2.19 bits per heavy atom. The molecular weight excluding hydrogens is 286 g/mol. The molecule has 0 fully saturated rings. The van der Waals surface area contributed by atoms with E-state index in [0.717, 1.165) is 31.5 Å². The number of hydrogen-bond acceptors (Lipinski definition) is 4. The lowest BCUT2D eigenvalue weighted by atomic mass is 10.1. The number of sulfonamides is 1. The van der Waals surface area contributed by atoms with Crippen molar-refractivity contribution in [1.29, 1.82) is 0 Å². The van der Waals surface area contributed by atoms with E-state index in [4.69, 9.17) is 5.73 Å². The van der Waals surface area contributed by atoms with Gasteiger partial charge >= 0.3 is 0 Å². The Morgan fingerprint density at radius 1 is 1.43 bits per heavy atom. The maximum Gasteiger partial charge on any atom is 0.211 e. The van der Waals surface area contributed by atoms with Gasteiger partial charge in [0.2, 0.25) is 10.0 Å². The Morgan fingerprint density at radius 3 is 2.86 bits per heavy atom. The van der Waals surface area contributed by atoms with Gasteiger partial charge in [-0.2, -0.15) is 0 Å². The molecule has 0 heterocycles. The minimum absolute atomic E-state index is 0.369. The molecule has 1 atom stereocenters. The fraction of sp³-hybridized carbons (Fsp3) is 0.600. The molecule has 0 aliphatic heterocycles. The van der Waals surface area contributed by atoms with E-state index in [9.17, 15) is 8.42 Å². The van der Waals surface area contributed by atoms with Crippen LogP contribution in [0.15, 0.2) is 18.2 Å². The number of benzene rings is 1. The third kappa shape index (κ3) is 4.18. The fourth-order valence-corrected chi connectivity index (χ4v) is 3.87. The smallest absolute Gasteiger partial charge is 0.211 e. The van der Waals surface area contributed by atoms with E-state index in [1.807, 2.05) is 13.0 Å². The van der Waals surface area contributed by atoms with Crippen molar-refractivity contribution < 1.29 is 8.42 Å². The Labute approximate surface area is 127 Å². The van der Waals surface area contributed by atoms with Crippen LogP contribution >= 0.6 is 0 Å². The molecule has 6 heteroatoms. The maximum absolute atomic E-state index is 11.5. The zero-order valence-corrected chi connectivity index (χ0v) is 13.6. The monoisotopic (exact) mass is 311 g/mol. The van der Waals surface area contributed by atoms with Gasteiger partial charge in [-0.15, -0.1) is 0 Å². The van der Waals surface area contributed by atoms with Crippen molar-refractivity contribution >= 4 is 15.7 Å². The SMILES string of the molecule is CCN(CCCNC1CCc2cc(N)ccc21)S(C)(=O)=O. The Kier molecular flexibility index (Phi) is 5.24.